The number of nitrogens with one attached hydrogen (secondary N) is 1. The van der Waals surface area contributed by atoms with Gasteiger partial charge in [0.2, 0.25) is 0 Å². The van der Waals surface area contributed by atoms with Gasteiger partial charge in [0.05, 0.1) is 11.6 Å². The van der Waals surface area contributed by atoms with E-state index in [4.69, 9.17) is 4.74 Å². The van der Waals surface area contributed by atoms with Gasteiger partial charge in [-0.15, -0.1) is 0 Å². The number of hydrogen-bond donors (Lipinski definition) is 1. The van der Waals surface area contributed by atoms with Crippen LogP contribution in [0.3, 0.4) is 0 Å². The van der Waals surface area contributed by atoms with E-state index in [9.17, 15) is 4.39 Å². The molecule has 2 aromatic rings. The third kappa shape index (κ3) is 2.71. The molecule has 17 heavy (non-hydrogen) atoms. The van der Waals surface area contributed by atoms with Crippen LogP contribution in [-0.2, 0) is 0 Å². The average Bonchev–Trinajstić information content (AvgIpc) is 2.34. The molecule has 4 nitrogen and oxygen atoms in total. The second kappa shape index (κ2) is 5.09. The molecule has 1 N–H and O–H groups in total. The van der Waals surface area contributed by atoms with Crippen molar-refractivity contribution in [3.05, 3.63) is 41.0 Å². The number of aromatic nitrogens is 2. The third-order valence-electron chi connectivity index (χ3n) is 2.08. The summed E-state index contributed by atoms with van der Waals surface area (Å²) in [5.41, 5.74) is 0.683. The van der Waals surface area contributed by atoms with E-state index in [2.05, 4.69) is 31.2 Å². The van der Waals surface area contributed by atoms with Crippen molar-refractivity contribution < 1.29 is 9.13 Å². The van der Waals surface area contributed by atoms with Crippen LogP contribution in [0.15, 0.2) is 35.2 Å². The number of nitrogens with zero attached hydrogens (tertiary/aromatic N) is 2. The summed E-state index contributed by atoms with van der Waals surface area (Å²) < 4.78 is 18.8. The smallest absolute Gasteiger partial charge is 0.165 e. The first-order valence-electron chi connectivity index (χ1n) is 4.77. The number of rotatable bonds is 3. The first-order chi connectivity index (χ1) is 8.20. The highest BCUT2D eigenvalue weighted by Crippen LogP contribution is 2.26. The maximum absolute atomic E-state index is 13.2. The minimum absolute atomic E-state index is 0.181. The number of halogens is 2. The highest BCUT2D eigenvalue weighted by Gasteiger charge is 2.05. The highest BCUT2D eigenvalue weighted by molar-refractivity contribution is 9.10. The number of ether oxygens (including phenoxy) is 1. The van der Waals surface area contributed by atoms with Crippen LogP contribution in [0.1, 0.15) is 0 Å². The van der Waals surface area contributed by atoms with E-state index in [1.54, 1.807) is 18.3 Å². The van der Waals surface area contributed by atoms with Crippen LogP contribution in [0.25, 0.3) is 0 Å². The van der Waals surface area contributed by atoms with Gasteiger partial charge in [0.15, 0.2) is 11.6 Å². The van der Waals surface area contributed by atoms with Gasteiger partial charge in [-0.1, -0.05) is 0 Å². The summed E-state index contributed by atoms with van der Waals surface area (Å²) >= 11 is 3.31. The minimum atomic E-state index is -0.403. The zero-order valence-corrected chi connectivity index (χ0v) is 10.5. The van der Waals surface area contributed by atoms with Gasteiger partial charge >= 0.3 is 0 Å². The first kappa shape index (κ1) is 11.8. The molecule has 0 radical (unpaired) electrons. The molecule has 0 amide bonds. The Morgan fingerprint density at radius 2 is 2.24 bits per heavy atom. The first-order valence-corrected chi connectivity index (χ1v) is 5.56. The Hall–Kier alpha value is -1.69. The van der Waals surface area contributed by atoms with Crippen LogP contribution in [-0.4, -0.2) is 17.1 Å². The maximum Gasteiger partial charge on any atom is 0.165 e. The third-order valence-corrected chi connectivity index (χ3v) is 2.66. The Kier molecular flexibility index (Phi) is 3.53. The van der Waals surface area contributed by atoms with Gasteiger partial charge in [0, 0.05) is 18.0 Å². The monoisotopic (exact) mass is 297 g/mol. The minimum Gasteiger partial charge on any atom is -0.494 e. The predicted molar refractivity (Wildman–Crippen MR) is 66.0 cm³/mol. The predicted octanol–water partition coefficient (Wildman–Crippen LogP) is 3.13. The van der Waals surface area contributed by atoms with Gasteiger partial charge in [-0.2, -0.15) is 0 Å². The van der Waals surface area contributed by atoms with Gasteiger partial charge in [-0.25, -0.2) is 14.4 Å². The molecule has 0 aliphatic rings. The van der Waals surface area contributed by atoms with Crippen molar-refractivity contribution in [2.24, 2.45) is 0 Å². The molecule has 0 spiro atoms. The standard InChI is InChI=1S/C11H9BrFN3O/c1-17-10-4-7(2-3-9(10)13)16-11-8(12)5-14-6-15-11/h2-6H,1H3,(H,14,15,16). The molecule has 0 saturated heterocycles. The fraction of sp³-hybridized carbons (Fsp3) is 0.0909. The molecular weight excluding hydrogens is 289 g/mol. The van der Waals surface area contributed by atoms with E-state index in [-0.39, 0.29) is 5.75 Å². The molecule has 2 rings (SSSR count). The molecule has 88 valence electrons. The number of methoxy groups -OCH3 is 1. The van der Waals surface area contributed by atoms with Crippen molar-refractivity contribution in [1.29, 1.82) is 0 Å². The average molecular weight is 298 g/mol. The van der Waals surface area contributed by atoms with Gasteiger partial charge in [-0.05, 0) is 28.1 Å². The molecule has 1 aromatic heterocycles. The van der Waals surface area contributed by atoms with Gasteiger partial charge < -0.3 is 10.1 Å². The Labute approximate surface area is 106 Å². The highest BCUT2D eigenvalue weighted by atomic mass is 79.9. The van der Waals surface area contributed by atoms with Crippen molar-refractivity contribution >= 4 is 27.4 Å². The normalized spacial score (nSPS) is 10.1. The molecule has 1 heterocycles. The van der Waals surface area contributed by atoms with Crippen molar-refractivity contribution in [3.8, 4) is 5.75 Å². The van der Waals surface area contributed by atoms with E-state index in [0.29, 0.717) is 11.5 Å². The number of benzene rings is 1. The lowest BCUT2D eigenvalue weighted by Gasteiger charge is -2.08. The summed E-state index contributed by atoms with van der Waals surface area (Å²) in [6, 6.07) is 4.49. The van der Waals surface area contributed by atoms with Crippen molar-refractivity contribution in [3.63, 3.8) is 0 Å². The van der Waals surface area contributed by atoms with E-state index in [0.717, 1.165) is 4.47 Å². The van der Waals surface area contributed by atoms with E-state index in [1.807, 2.05) is 0 Å². The fourth-order valence-corrected chi connectivity index (χ4v) is 1.60. The summed E-state index contributed by atoms with van der Waals surface area (Å²) in [6.45, 7) is 0. The molecule has 0 aliphatic heterocycles. The largest absolute Gasteiger partial charge is 0.494 e. The Bertz CT molecular complexity index is 536. The Morgan fingerprint density at radius 1 is 1.41 bits per heavy atom. The summed E-state index contributed by atoms with van der Waals surface area (Å²) in [4.78, 5) is 7.90. The molecule has 6 heteroatoms. The van der Waals surface area contributed by atoms with Gasteiger partial charge in [-0.3, -0.25) is 0 Å². The van der Waals surface area contributed by atoms with Crippen LogP contribution in [0.5, 0.6) is 5.75 Å². The second-order valence-electron chi connectivity index (χ2n) is 3.19. The SMILES string of the molecule is COc1cc(Nc2ncncc2Br)ccc1F. The van der Waals surface area contributed by atoms with Gasteiger partial charge in [0.25, 0.3) is 0 Å². The van der Waals surface area contributed by atoms with E-state index in [1.165, 1.54) is 19.5 Å². The van der Waals surface area contributed by atoms with Crippen molar-refractivity contribution in [2.45, 2.75) is 0 Å². The number of hydrogen-bond acceptors (Lipinski definition) is 4. The molecule has 0 saturated carbocycles. The van der Waals surface area contributed by atoms with Crippen LogP contribution in [0.4, 0.5) is 15.9 Å². The Balaban J connectivity index is 2.28. The molecule has 1 aromatic carbocycles. The Morgan fingerprint density at radius 3 is 2.94 bits per heavy atom. The zero-order valence-electron chi connectivity index (χ0n) is 8.95. The van der Waals surface area contributed by atoms with E-state index < -0.39 is 5.82 Å². The lowest BCUT2D eigenvalue weighted by atomic mass is 10.3. The number of anilines is 2. The summed E-state index contributed by atoms with van der Waals surface area (Å²) in [7, 11) is 1.42. The topological polar surface area (TPSA) is 47.0 Å². The lowest BCUT2D eigenvalue weighted by molar-refractivity contribution is 0.387. The van der Waals surface area contributed by atoms with Crippen LogP contribution in [0.2, 0.25) is 0 Å². The van der Waals surface area contributed by atoms with Crippen LogP contribution < -0.4 is 10.1 Å². The maximum atomic E-state index is 13.2. The molecule has 0 bridgehead atoms. The summed E-state index contributed by atoms with van der Waals surface area (Å²) in [6.07, 6.45) is 3.05. The van der Waals surface area contributed by atoms with E-state index >= 15 is 0 Å². The lowest BCUT2D eigenvalue weighted by Crippen LogP contribution is -1.96. The molecule has 0 fully saturated rings. The summed E-state index contributed by atoms with van der Waals surface area (Å²) in [5, 5.41) is 3.03. The second-order valence-corrected chi connectivity index (χ2v) is 4.05. The van der Waals surface area contributed by atoms with Crippen LogP contribution >= 0.6 is 15.9 Å². The summed E-state index contributed by atoms with van der Waals surface area (Å²) in [5.74, 6) is 0.383. The fourth-order valence-electron chi connectivity index (χ4n) is 1.28. The van der Waals surface area contributed by atoms with Gasteiger partial charge in [0.1, 0.15) is 12.1 Å². The molecule has 0 atom stereocenters. The zero-order chi connectivity index (χ0) is 12.3. The molecule has 0 aliphatic carbocycles. The van der Waals surface area contributed by atoms with Crippen LogP contribution in [0, 0.1) is 5.82 Å². The molecular formula is C11H9BrFN3O. The van der Waals surface area contributed by atoms with Crippen molar-refractivity contribution in [1.82, 2.24) is 9.97 Å². The molecule has 0 unspecified atom stereocenters. The van der Waals surface area contributed by atoms with Crippen molar-refractivity contribution in [2.75, 3.05) is 12.4 Å². The quantitative estimate of drug-likeness (QED) is 0.945.